The Morgan fingerprint density at radius 2 is 1.53 bits per heavy atom. The lowest BCUT2D eigenvalue weighted by Crippen LogP contribution is -2.07. The van der Waals surface area contributed by atoms with Crippen LogP contribution in [-0.4, -0.2) is 0 Å². The maximum absolute atomic E-state index is 12.8. The van der Waals surface area contributed by atoms with Crippen LogP contribution in [0.3, 0.4) is 0 Å². The van der Waals surface area contributed by atoms with Crippen molar-refractivity contribution in [3.05, 3.63) is 54.1 Å². The molecular formula is C13H10F3N. The van der Waals surface area contributed by atoms with Gasteiger partial charge in [0, 0.05) is 5.69 Å². The predicted octanol–water partition coefficient (Wildman–Crippen LogP) is 3.95. The molecule has 2 rings (SSSR count). The van der Waals surface area contributed by atoms with E-state index in [1.165, 1.54) is 12.1 Å². The van der Waals surface area contributed by atoms with Gasteiger partial charge in [-0.1, -0.05) is 30.3 Å². The van der Waals surface area contributed by atoms with Gasteiger partial charge in [0.05, 0.1) is 5.56 Å². The minimum Gasteiger partial charge on any atom is -0.399 e. The summed E-state index contributed by atoms with van der Waals surface area (Å²) in [6, 6.07) is 12.0. The smallest absolute Gasteiger partial charge is 0.399 e. The first-order chi connectivity index (χ1) is 7.98. The molecule has 0 atom stereocenters. The molecule has 0 amide bonds. The van der Waals surface area contributed by atoms with Gasteiger partial charge in [-0.2, -0.15) is 13.2 Å². The van der Waals surface area contributed by atoms with Crippen LogP contribution in [-0.2, 0) is 6.18 Å². The van der Waals surface area contributed by atoms with E-state index < -0.39 is 11.7 Å². The van der Waals surface area contributed by atoms with Gasteiger partial charge in [0.25, 0.3) is 0 Å². The fourth-order valence-electron chi connectivity index (χ4n) is 1.67. The summed E-state index contributed by atoms with van der Waals surface area (Å²) in [6.45, 7) is 0. The number of nitrogens with two attached hydrogens (primary N) is 1. The highest BCUT2D eigenvalue weighted by Crippen LogP contribution is 2.37. The molecular weight excluding hydrogens is 227 g/mol. The summed E-state index contributed by atoms with van der Waals surface area (Å²) in [4.78, 5) is 0. The average molecular weight is 237 g/mol. The Morgan fingerprint density at radius 3 is 2.12 bits per heavy atom. The Hall–Kier alpha value is -1.97. The van der Waals surface area contributed by atoms with Gasteiger partial charge in [-0.3, -0.25) is 0 Å². The molecule has 0 unspecified atom stereocenters. The third-order valence-corrected chi connectivity index (χ3v) is 2.43. The van der Waals surface area contributed by atoms with Crippen LogP contribution in [0.2, 0.25) is 0 Å². The van der Waals surface area contributed by atoms with Crippen molar-refractivity contribution in [2.45, 2.75) is 6.18 Å². The molecule has 0 radical (unpaired) electrons. The van der Waals surface area contributed by atoms with Crippen LogP contribution >= 0.6 is 0 Å². The highest BCUT2D eigenvalue weighted by molar-refractivity contribution is 5.71. The summed E-state index contributed by atoms with van der Waals surface area (Å²) >= 11 is 0. The Bertz CT molecular complexity index is 518. The lowest BCUT2D eigenvalue weighted by atomic mass is 9.99. The Morgan fingerprint density at radius 1 is 0.882 bits per heavy atom. The summed E-state index contributed by atoms with van der Waals surface area (Å²) in [5.74, 6) is 0. The average Bonchev–Trinajstić information content (AvgIpc) is 2.28. The molecule has 2 aromatic carbocycles. The Kier molecular flexibility index (Phi) is 2.79. The SMILES string of the molecule is Nc1ccc(C(F)(F)F)c(-c2ccccc2)c1. The van der Waals surface area contributed by atoms with Crippen molar-refractivity contribution in [3.63, 3.8) is 0 Å². The van der Waals surface area contributed by atoms with E-state index in [-0.39, 0.29) is 5.56 Å². The zero-order chi connectivity index (χ0) is 12.5. The van der Waals surface area contributed by atoms with Crippen molar-refractivity contribution >= 4 is 5.69 Å². The lowest BCUT2D eigenvalue weighted by molar-refractivity contribution is -0.137. The number of anilines is 1. The summed E-state index contributed by atoms with van der Waals surface area (Å²) in [5.41, 5.74) is 5.80. The summed E-state index contributed by atoms with van der Waals surface area (Å²) in [6.07, 6.45) is -4.38. The van der Waals surface area contributed by atoms with Crippen LogP contribution in [0.1, 0.15) is 5.56 Å². The molecule has 0 spiro atoms. The van der Waals surface area contributed by atoms with Crippen LogP contribution in [0, 0.1) is 0 Å². The first kappa shape index (κ1) is 11.5. The van der Waals surface area contributed by atoms with Crippen molar-refractivity contribution in [2.75, 3.05) is 5.73 Å². The predicted molar refractivity (Wildman–Crippen MR) is 61.3 cm³/mol. The van der Waals surface area contributed by atoms with Crippen molar-refractivity contribution in [1.82, 2.24) is 0 Å². The highest BCUT2D eigenvalue weighted by atomic mass is 19.4. The minimum atomic E-state index is -4.38. The van der Waals surface area contributed by atoms with Gasteiger partial charge in [0.2, 0.25) is 0 Å². The van der Waals surface area contributed by atoms with E-state index in [1.807, 2.05) is 0 Å². The third-order valence-electron chi connectivity index (χ3n) is 2.43. The van der Waals surface area contributed by atoms with Gasteiger partial charge in [0.1, 0.15) is 0 Å². The fraction of sp³-hybridized carbons (Fsp3) is 0.0769. The zero-order valence-corrected chi connectivity index (χ0v) is 8.83. The molecule has 0 saturated heterocycles. The fourth-order valence-corrected chi connectivity index (χ4v) is 1.67. The van der Waals surface area contributed by atoms with Crippen LogP contribution in [0.25, 0.3) is 11.1 Å². The van der Waals surface area contributed by atoms with Crippen molar-refractivity contribution in [1.29, 1.82) is 0 Å². The molecule has 0 bridgehead atoms. The van der Waals surface area contributed by atoms with Crippen LogP contribution < -0.4 is 5.73 Å². The Labute approximate surface area is 96.7 Å². The molecule has 0 aliphatic carbocycles. The number of hydrogen-bond acceptors (Lipinski definition) is 1. The molecule has 17 heavy (non-hydrogen) atoms. The first-order valence-corrected chi connectivity index (χ1v) is 5.00. The summed E-state index contributed by atoms with van der Waals surface area (Å²) < 4.78 is 38.5. The highest BCUT2D eigenvalue weighted by Gasteiger charge is 2.33. The standard InChI is InChI=1S/C13H10F3N/c14-13(15,16)12-7-6-10(17)8-11(12)9-4-2-1-3-5-9/h1-8H,17H2. The number of benzene rings is 2. The number of rotatable bonds is 1. The molecule has 88 valence electrons. The summed E-state index contributed by atoms with van der Waals surface area (Å²) in [5, 5.41) is 0. The molecule has 2 N–H and O–H groups in total. The van der Waals surface area contributed by atoms with E-state index in [1.54, 1.807) is 30.3 Å². The second kappa shape index (κ2) is 4.13. The maximum atomic E-state index is 12.8. The molecule has 0 aromatic heterocycles. The Balaban J connectivity index is 2.64. The first-order valence-electron chi connectivity index (χ1n) is 5.00. The molecule has 0 aliphatic heterocycles. The van der Waals surface area contributed by atoms with Gasteiger partial charge in [-0.05, 0) is 29.3 Å². The molecule has 0 heterocycles. The van der Waals surface area contributed by atoms with Gasteiger partial charge >= 0.3 is 6.18 Å². The third kappa shape index (κ3) is 2.41. The molecule has 2 aromatic rings. The van der Waals surface area contributed by atoms with E-state index in [4.69, 9.17) is 5.73 Å². The van der Waals surface area contributed by atoms with Crippen molar-refractivity contribution in [3.8, 4) is 11.1 Å². The second-order valence-corrected chi connectivity index (χ2v) is 3.67. The van der Waals surface area contributed by atoms with Crippen LogP contribution in [0.15, 0.2) is 48.5 Å². The van der Waals surface area contributed by atoms with Gasteiger partial charge in [-0.25, -0.2) is 0 Å². The molecule has 0 aliphatic rings. The largest absolute Gasteiger partial charge is 0.417 e. The van der Waals surface area contributed by atoms with Gasteiger partial charge < -0.3 is 5.73 Å². The monoisotopic (exact) mass is 237 g/mol. The number of hydrogen-bond donors (Lipinski definition) is 1. The number of alkyl halides is 3. The van der Waals surface area contributed by atoms with Crippen molar-refractivity contribution in [2.24, 2.45) is 0 Å². The van der Waals surface area contributed by atoms with Gasteiger partial charge in [-0.15, -0.1) is 0 Å². The molecule has 0 fully saturated rings. The number of halogens is 3. The van der Waals surface area contributed by atoms with E-state index in [0.717, 1.165) is 6.07 Å². The van der Waals surface area contributed by atoms with Gasteiger partial charge in [0.15, 0.2) is 0 Å². The number of nitrogen functional groups attached to an aromatic ring is 1. The lowest BCUT2D eigenvalue weighted by Gasteiger charge is -2.13. The van der Waals surface area contributed by atoms with E-state index >= 15 is 0 Å². The van der Waals surface area contributed by atoms with E-state index in [2.05, 4.69) is 0 Å². The van der Waals surface area contributed by atoms with E-state index in [9.17, 15) is 13.2 Å². The summed E-state index contributed by atoms with van der Waals surface area (Å²) in [7, 11) is 0. The second-order valence-electron chi connectivity index (χ2n) is 3.67. The minimum absolute atomic E-state index is 0.109. The molecule has 0 saturated carbocycles. The maximum Gasteiger partial charge on any atom is 0.417 e. The van der Waals surface area contributed by atoms with Crippen molar-refractivity contribution < 1.29 is 13.2 Å². The molecule has 4 heteroatoms. The topological polar surface area (TPSA) is 26.0 Å². The quantitative estimate of drug-likeness (QED) is 0.746. The van der Waals surface area contributed by atoms with E-state index in [0.29, 0.717) is 11.3 Å². The molecule has 1 nitrogen and oxygen atoms in total. The zero-order valence-electron chi connectivity index (χ0n) is 8.83. The van der Waals surface area contributed by atoms with Crippen LogP contribution in [0.5, 0.6) is 0 Å². The normalized spacial score (nSPS) is 11.5. The van der Waals surface area contributed by atoms with Crippen LogP contribution in [0.4, 0.5) is 18.9 Å².